The molecular weight excluding hydrogens is 282 g/mol. The first-order valence-corrected chi connectivity index (χ1v) is 8.58. The Morgan fingerprint density at radius 1 is 1.00 bits per heavy atom. The quantitative estimate of drug-likeness (QED) is 0.942. The van der Waals surface area contributed by atoms with Crippen molar-refractivity contribution in [3.63, 3.8) is 0 Å². The molecule has 110 valence electrons. The number of hydrogen-bond acceptors (Lipinski definition) is 2. The van der Waals surface area contributed by atoms with Crippen molar-refractivity contribution in [1.29, 1.82) is 0 Å². The Morgan fingerprint density at radius 2 is 1.67 bits per heavy atom. The molecule has 0 atom stereocenters. The summed E-state index contributed by atoms with van der Waals surface area (Å²) in [6, 6.07) is 15.3. The minimum Gasteiger partial charge on any atom is -0.207 e. The molecule has 3 nitrogen and oxygen atoms in total. The van der Waals surface area contributed by atoms with Gasteiger partial charge in [-0.2, -0.15) is 0 Å². The molecule has 0 amide bonds. The zero-order valence-electron chi connectivity index (χ0n) is 12.3. The van der Waals surface area contributed by atoms with Gasteiger partial charge >= 0.3 is 0 Å². The monoisotopic (exact) mass is 301 g/mol. The van der Waals surface area contributed by atoms with Gasteiger partial charge in [-0.1, -0.05) is 42.5 Å². The van der Waals surface area contributed by atoms with Crippen LogP contribution in [-0.4, -0.2) is 8.42 Å². The van der Waals surface area contributed by atoms with Crippen molar-refractivity contribution >= 4 is 10.0 Å². The van der Waals surface area contributed by atoms with Crippen molar-refractivity contribution in [2.75, 3.05) is 0 Å². The highest BCUT2D eigenvalue weighted by Gasteiger charge is 2.47. The highest BCUT2D eigenvalue weighted by atomic mass is 32.2. The van der Waals surface area contributed by atoms with Crippen molar-refractivity contribution in [2.45, 2.75) is 37.1 Å². The molecule has 0 aromatic heterocycles. The lowest BCUT2D eigenvalue weighted by Gasteiger charge is -2.19. The van der Waals surface area contributed by atoms with Crippen LogP contribution in [0.25, 0.3) is 0 Å². The molecule has 0 aliphatic heterocycles. The predicted octanol–water partition coefficient (Wildman–Crippen LogP) is 3.27. The van der Waals surface area contributed by atoms with E-state index in [2.05, 4.69) is 4.72 Å². The van der Waals surface area contributed by atoms with E-state index in [9.17, 15) is 8.42 Å². The van der Waals surface area contributed by atoms with Crippen LogP contribution < -0.4 is 4.72 Å². The Bertz CT molecular complexity index is 763. The fourth-order valence-electron chi connectivity index (χ4n) is 2.64. The van der Waals surface area contributed by atoms with E-state index in [0.29, 0.717) is 4.90 Å². The second-order valence-corrected chi connectivity index (χ2v) is 7.47. The minimum absolute atomic E-state index is 0.379. The average Bonchev–Trinajstić information content (AvgIpc) is 3.22. The second-order valence-electron chi connectivity index (χ2n) is 5.82. The molecule has 21 heavy (non-hydrogen) atoms. The van der Waals surface area contributed by atoms with Crippen molar-refractivity contribution in [3.05, 3.63) is 65.2 Å². The molecule has 2 aromatic carbocycles. The van der Waals surface area contributed by atoms with E-state index < -0.39 is 15.6 Å². The standard InChI is InChI=1S/C17H19NO2S/c1-13-8-9-14(2)16(12-13)21(19,20)18-17(10-11-17)15-6-4-3-5-7-15/h3-9,12,18H,10-11H2,1-2H3. The molecule has 0 bridgehead atoms. The van der Waals surface area contributed by atoms with Gasteiger partial charge in [0.2, 0.25) is 10.0 Å². The lowest BCUT2D eigenvalue weighted by molar-refractivity contribution is 0.551. The molecule has 2 aromatic rings. The number of rotatable bonds is 4. The molecular formula is C17H19NO2S. The van der Waals surface area contributed by atoms with Crippen LogP contribution in [0.5, 0.6) is 0 Å². The summed E-state index contributed by atoms with van der Waals surface area (Å²) >= 11 is 0. The molecule has 1 N–H and O–H groups in total. The van der Waals surface area contributed by atoms with Crippen LogP contribution >= 0.6 is 0 Å². The van der Waals surface area contributed by atoms with Crippen molar-refractivity contribution < 1.29 is 8.42 Å². The molecule has 0 radical (unpaired) electrons. The van der Waals surface area contributed by atoms with Crippen LogP contribution in [0.4, 0.5) is 0 Å². The predicted molar refractivity (Wildman–Crippen MR) is 83.6 cm³/mol. The van der Waals surface area contributed by atoms with E-state index in [-0.39, 0.29) is 0 Å². The Kier molecular flexibility index (Phi) is 3.38. The molecule has 0 saturated heterocycles. The van der Waals surface area contributed by atoms with E-state index in [1.807, 2.05) is 56.3 Å². The molecule has 1 saturated carbocycles. The molecule has 1 fully saturated rings. The molecule has 0 unspecified atom stereocenters. The fourth-order valence-corrected chi connectivity index (χ4v) is 4.42. The van der Waals surface area contributed by atoms with E-state index in [0.717, 1.165) is 29.5 Å². The zero-order chi connectivity index (χ0) is 15.1. The second kappa shape index (κ2) is 4.97. The van der Waals surface area contributed by atoms with Gasteiger partial charge in [0.1, 0.15) is 0 Å². The first-order chi connectivity index (χ1) is 9.93. The largest absolute Gasteiger partial charge is 0.241 e. The van der Waals surface area contributed by atoms with Gasteiger partial charge in [0, 0.05) is 0 Å². The third kappa shape index (κ3) is 2.74. The number of aryl methyl sites for hydroxylation is 2. The van der Waals surface area contributed by atoms with Crippen LogP contribution in [0.3, 0.4) is 0 Å². The van der Waals surface area contributed by atoms with Crippen molar-refractivity contribution in [1.82, 2.24) is 4.72 Å². The molecule has 0 heterocycles. The zero-order valence-corrected chi connectivity index (χ0v) is 13.1. The summed E-state index contributed by atoms with van der Waals surface area (Å²) in [5, 5.41) is 0. The smallest absolute Gasteiger partial charge is 0.207 e. The van der Waals surface area contributed by atoms with Gasteiger partial charge in [-0.25, -0.2) is 13.1 Å². The Balaban J connectivity index is 1.96. The summed E-state index contributed by atoms with van der Waals surface area (Å²) in [5.41, 5.74) is 2.34. The van der Waals surface area contributed by atoms with Crippen LogP contribution in [-0.2, 0) is 15.6 Å². The third-order valence-corrected chi connectivity index (χ3v) is 5.72. The topological polar surface area (TPSA) is 46.2 Å². The van der Waals surface area contributed by atoms with E-state index in [1.165, 1.54) is 0 Å². The minimum atomic E-state index is -3.51. The number of hydrogen-bond donors (Lipinski definition) is 1. The summed E-state index contributed by atoms with van der Waals surface area (Å²) < 4.78 is 28.4. The van der Waals surface area contributed by atoms with Gasteiger partial charge < -0.3 is 0 Å². The summed E-state index contributed by atoms with van der Waals surface area (Å²) in [7, 11) is -3.51. The lowest BCUT2D eigenvalue weighted by atomic mass is 10.1. The molecule has 3 rings (SSSR count). The van der Waals surface area contributed by atoms with Crippen LogP contribution in [0, 0.1) is 13.8 Å². The summed E-state index contributed by atoms with van der Waals surface area (Å²) in [6.45, 7) is 3.73. The first-order valence-electron chi connectivity index (χ1n) is 7.10. The van der Waals surface area contributed by atoms with Gasteiger partial charge in [0.05, 0.1) is 10.4 Å². The molecule has 1 aliphatic carbocycles. The maximum atomic E-state index is 12.7. The molecule has 1 aliphatic rings. The van der Waals surface area contributed by atoms with Gasteiger partial charge in [-0.05, 0) is 49.4 Å². The van der Waals surface area contributed by atoms with Crippen LogP contribution in [0.1, 0.15) is 29.5 Å². The average molecular weight is 301 g/mol. The van der Waals surface area contributed by atoms with Gasteiger partial charge in [0.15, 0.2) is 0 Å². The van der Waals surface area contributed by atoms with E-state index in [1.54, 1.807) is 6.07 Å². The first kappa shape index (κ1) is 14.3. The van der Waals surface area contributed by atoms with Crippen LogP contribution in [0.15, 0.2) is 53.4 Å². The molecule has 0 spiro atoms. The van der Waals surface area contributed by atoms with E-state index >= 15 is 0 Å². The van der Waals surface area contributed by atoms with Gasteiger partial charge in [-0.3, -0.25) is 0 Å². The SMILES string of the molecule is Cc1ccc(C)c(S(=O)(=O)NC2(c3ccccc3)CC2)c1. The third-order valence-electron chi connectivity index (χ3n) is 4.04. The Morgan fingerprint density at radius 3 is 2.29 bits per heavy atom. The maximum Gasteiger partial charge on any atom is 0.241 e. The van der Waals surface area contributed by atoms with E-state index in [4.69, 9.17) is 0 Å². The van der Waals surface area contributed by atoms with Crippen molar-refractivity contribution in [2.24, 2.45) is 0 Å². The number of sulfonamides is 1. The number of nitrogens with one attached hydrogen (secondary N) is 1. The highest BCUT2D eigenvalue weighted by molar-refractivity contribution is 7.89. The summed E-state index contributed by atoms with van der Waals surface area (Å²) in [4.78, 5) is 0.379. The fraction of sp³-hybridized carbons (Fsp3) is 0.294. The Labute approximate surface area is 126 Å². The normalized spacial score (nSPS) is 16.7. The Hall–Kier alpha value is -1.65. The summed E-state index contributed by atoms with van der Waals surface area (Å²) in [6.07, 6.45) is 1.70. The maximum absolute atomic E-state index is 12.7. The van der Waals surface area contributed by atoms with Crippen molar-refractivity contribution in [3.8, 4) is 0 Å². The summed E-state index contributed by atoms with van der Waals surface area (Å²) in [5.74, 6) is 0. The van der Waals surface area contributed by atoms with Crippen LogP contribution in [0.2, 0.25) is 0 Å². The van der Waals surface area contributed by atoms with Gasteiger partial charge in [-0.15, -0.1) is 0 Å². The highest BCUT2D eigenvalue weighted by Crippen LogP contribution is 2.46. The molecule has 4 heteroatoms. The number of benzene rings is 2. The lowest BCUT2D eigenvalue weighted by Crippen LogP contribution is -2.35. The van der Waals surface area contributed by atoms with Gasteiger partial charge in [0.25, 0.3) is 0 Å².